The summed E-state index contributed by atoms with van der Waals surface area (Å²) in [6, 6.07) is 5.67. The van der Waals surface area contributed by atoms with Crippen molar-refractivity contribution in [1.82, 2.24) is 5.32 Å². The first-order valence-electron chi connectivity index (χ1n) is 4.94. The number of hydrogen-bond donors (Lipinski definition) is 2. The Hall–Kier alpha value is -0.520. The van der Waals surface area contributed by atoms with Gasteiger partial charge in [0.05, 0.1) is 5.37 Å². The van der Waals surface area contributed by atoms with Crippen LogP contribution >= 0.6 is 27.7 Å². The maximum Gasteiger partial charge on any atom is 0.321 e. The highest BCUT2D eigenvalue weighted by Gasteiger charge is 2.30. The fourth-order valence-electron chi connectivity index (χ4n) is 1.64. The molecule has 1 fully saturated rings. The van der Waals surface area contributed by atoms with Gasteiger partial charge in [-0.3, -0.25) is 10.1 Å². The summed E-state index contributed by atoms with van der Waals surface area (Å²) in [6.45, 7) is 2.03. The molecule has 3 nitrogen and oxygen atoms in total. The average molecular weight is 302 g/mol. The largest absolute Gasteiger partial charge is 0.480 e. The molecule has 1 saturated heterocycles. The second-order valence-electron chi connectivity index (χ2n) is 3.78. The predicted molar refractivity (Wildman–Crippen MR) is 68.6 cm³/mol. The standard InChI is InChI=1S/C11H12BrNO2S/c1-6-4-7(2-3-8(6)12)10-13-9(5-16-10)11(14)15/h2-4,9-10,13H,5H2,1H3,(H,14,15)/t9-,10?/m0/s1. The van der Waals surface area contributed by atoms with Crippen molar-refractivity contribution in [1.29, 1.82) is 0 Å². The van der Waals surface area contributed by atoms with Crippen LogP contribution in [0.2, 0.25) is 0 Å². The normalized spacial score (nSPS) is 24.6. The number of thioether (sulfide) groups is 1. The minimum absolute atomic E-state index is 0.0906. The number of carboxylic acids is 1. The van der Waals surface area contributed by atoms with Gasteiger partial charge >= 0.3 is 5.97 Å². The number of rotatable bonds is 2. The van der Waals surface area contributed by atoms with Crippen LogP contribution in [-0.4, -0.2) is 22.9 Å². The van der Waals surface area contributed by atoms with Gasteiger partial charge in [-0.2, -0.15) is 0 Å². The van der Waals surface area contributed by atoms with E-state index in [9.17, 15) is 4.79 Å². The van der Waals surface area contributed by atoms with Gasteiger partial charge in [0, 0.05) is 10.2 Å². The molecule has 0 bridgehead atoms. The first-order chi connectivity index (χ1) is 7.58. The number of benzene rings is 1. The molecule has 0 radical (unpaired) electrons. The first kappa shape index (κ1) is 12.0. The molecule has 0 saturated carbocycles. The van der Waals surface area contributed by atoms with E-state index in [4.69, 9.17) is 5.11 Å². The minimum atomic E-state index is -0.774. The van der Waals surface area contributed by atoms with Crippen molar-refractivity contribution in [3.63, 3.8) is 0 Å². The van der Waals surface area contributed by atoms with Gasteiger partial charge in [-0.25, -0.2) is 0 Å². The number of nitrogens with one attached hydrogen (secondary N) is 1. The lowest BCUT2D eigenvalue weighted by Gasteiger charge is -2.12. The highest BCUT2D eigenvalue weighted by atomic mass is 79.9. The van der Waals surface area contributed by atoms with E-state index in [1.165, 1.54) is 5.56 Å². The van der Waals surface area contributed by atoms with Crippen molar-refractivity contribution in [3.8, 4) is 0 Å². The smallest absolute Gasteiger partial charge is 0.321 e. The van der Waals surface area contributed by atoms with Gasteiger partial charge in [0.2, 0.25) is 0 Å². The summed E-state index contributed by atoms with van der Waals surface area (Å²) in [5.41, 5.74) is 2.30. The zero-order chi connectivity index (χ0) is 11.7. The zero-order valence-corrected chi connectivity index (χ0v) is 11.1. The van der Waals surface area contributed by atoms with E-state index < -0.39 is 12.0 Å². The Morgan fingerprint density at radius 3 is 2.94 bits per heavy atom. The average Bonchev–Trinajstić information content (AvgIpc) is 2.71. The van der Waals surface area contributed by atoms with Crippen LogP contribution in [-0.2, 0) is 4.79 Å². The monoisotopic (exact) mass is 301 g/mol. The summed E-state index contributed by atoms with van der Waals surface area (Å²) in [7, 11) is 0. The number of aryl methyl sites for hydroxylation is 1. The van der Waals surface area contributed by atoms with Gasteiger partial charge < -0.3 is 5.11 Å². The number of hydrogen-bond acceptors (Lipinski definition) is 3. The minimum Gasteiger partial charge on any atom is -0.480 e. The van der Waals surface area contributed by atoms with Gasteiger partial charge in [0.15, 0.2) is 0 Å². The van der Waals surface area contributed by atoms with Crippen LogP contribution in [0.15, 0.2) is 22.7 Å². The number of carbonyl (C=O) groups is 1. The lowest BCUT2D eigenvalue weighted by Crippen LogP contribution is -2.33. The second-order valence-corrected chi connectivity index (χ2v) is 5.77. The van der Waals surface area contributed by atoms with E-state index in [0.29, 0.717) is 5.75 Å². The van der Waals surface area contributed by atoms with Crippen LogP contribution in [0.1, 0.15) is 16.5 Å². The molecule has 0 amide bonds. The molecule has 16 heavy (non-hydrogen) atoms. The molecule has 0 aromatic heterocycles. The third-order valence-corrected chi connectivity index (χ3v) is 4.72. The van der Waals surface area contributed by atoms with E-state index in [1.807, 2.05) is 19.1 Å². The SMILES string of the molecule is Cc1cc(C2N[C@H](C(=O)O)CS2)ccc1Br. The Morgan fingerprint density at radius 1 is 1.62 bits per heavy atom. The maximum absolute atomic E-state index is 10.8. The van der Waals surface area contributed by atoms with Crippen molar-refractivity contribution in [2.45, 2.75) is 18.3 Å². The summed E-state index contributed by atoms with van der Waals surface area (Å²) in [4.78, 5) is 10.8. The van der Waals surface area contributed by atoms with E-state index in [2.05, 4.69) is 27.3 Å². The van der Waals surface area contributed by atoms with Crippen molar-refractivity contribution >= 4 is 33.7 Å². The Balaban J connectivity index is 2.14. The molecule has 2 rings (SSSR count). The van der Waals surface area contributed by atoms with Crippen LogP contribution in [0, 0.1) is 6.92 Å². The lowest BCUT2D eigenvalue weighted by molar-refractivity contribution is -0.138. The molecule has 86 valence electrons. The molecular weight excluding hydrogens is 290 g/mol. The van der Waals surface area contributed by atoms with Gasteiger partial charge in [-0.05, 0) is 24.1 Å². The van der Waals surface area contributed by atoms with Crippen molar-refractivity contribution in [2.75, 3.05) is 5.75 Å². The lowest BCUT2D eigenvalue weighted by atomic mass is 10.1. The number of halogens is 1. The molecule has 1 aliphatic rings. The number of carboxylic acid groups (broad SMARTS) is 1. The van der Waals surface area contributed by atoms with E-state index in [-0.39, 0.29) is 5.37 Å². The summed E-state index contributed by atoms with van der Waals surface area (Å²) >= 11 is 5.09. The maximum atomic E-state index is 10.8. The highest BCUT2D eigenvalue weighted by molar-refractivity contribution is 9.10. The molecule has 2 N–H and O–H groups in total. The van der Waals surface area contributed by atoms with E-state index in [1.54, 1.807) is 11.8 Å². The van der Waals surface area contributed by atoms with Crippen LogP contribution in [0.4, 0.5) is 0 Å². The molecule has 1 aliphatic heterocycles. The summed E-state index contributed by atoms with van der Waals surface area (Å²) < 4.78 is 1.08. The van der Waals surface area contributed by atoms with Gasteiger partial charge in [0.25, 0.3) is 0 Å². The number of aliphatic carboxylic acids is 1. The molecular formula is C11H12BrNO2S. The Bertz CT molecular complexity index is 424. The molecule has 0 aliphatic carbocycles. The quantitative estimate of drug-likeness (QED) is 0.881. The van der Waals surface area contributed by atoms with E-state index >= 15 is 0 Å². The van der Waals surface area contributed by atoms with Crippen LogP contribution in [0.5, 0.6) is 0 Å². The first-order valence-corrected chi connectivity index (χ1v) is 6.78. The van der Waals surface area contributed by atoms with Crippen LogP contribution < -0.4 is 5.32 Å². The van der Waals surface area contributed by atoms with Crippen molar-refractivity contribution < 1.29 is 9.90 Å². The van der Waals surface area contributed by atoms with Crippen molar-refractivity contribution in [3.05, 3.63) is 33.8 Å². The Labute approximate surface area is 107 Å². The third kappa shape index (κ3) is 2.42. The summed E-state index contributed by atoms with van der Waals surface area (Å²) in [5.74, 6) is -0.154. The predicted octanol–water partition coefficient (Wildman–Crippen LogP) is 2.55. The highest BCUT2D eigenvalue weighted by Crippen LogP contribution is 2.34. The summed E-state index contributed by atoms with van der Waals surface area (Å²) in [6.07, 6.45) is 0. The summed E-state index contributed by atoms with van der Waals surface area (Å²) in [5, 5.41) is 12.1. The van der Waals surface area contributed by atoms with Crippen LogP contribution in [0.3, 0.4) is 0 Å². The van der Waals surface area contributed by atoms with Crippen LogP contribution in [0.25, 0.3) is 0 Å². The molecule has 5 heteroatoms. The topological polar surface area (TPSA) is 49.3 Å². The van der Waals surface area contributed by atoms with Gasteiger partial charge in [-0.15, -0.1) is 11.8 Å². The second kappa shape index (κ2) is 4.77. The Morgan fingerprint density at radius 2 is 2.38 bits per heavy atom. The van der Waals surface area contributed by atoms with Crippen molar-refractivity contribution in [2.24, 2.45) is 0 Å². The fourth-order valence-corrected chi connectivity index (χ4v) is 3.11. The molecule has 1 aromatic carbocycles. The molecule has 0 spiro atoms. The fraction of sp³-hybridized carbons (Fsp3) is 0.364. The molecule has 1 heterocycles. The third-order valence-electron chi connectivity index (χ3n) is 2.56. The zero-order valence-electron chi connectivity index (χ0n) is 8.74. The van der Waals surface area contributed by atoms with Gasteiger partial charge in [0.1, 0.15) is 6.04 Å². The molecule has 1 unspecified atom stereocenters. The molecule has 2 atom stereocenters. The van der Waals surface area contributed by atoms with E-state index in [0.717, 1.165) is 10.0 Å². The van der Waals surface area contributed by atoms with Gasteiger partial charge in [-0.1, -0.05) is 28.1 Å². The Kier molecular flexibility index (Phi) is 3.56. The molecule has 1 aromatic rings.